The molecule has 0 saturated carbocycles. The lowest BCUT2D eigenvalue weighted by atomic mass is 10.1. The average molecular weight is 365 g/mol. The smallest absolute Gasteiger partial charge is 0.251 e. The van der Waals surface area contributed by atoms with Crippen molar-refractivity contribution < 1.29 is 13.9 Å². The van der Waals surface area contributed by atoms with Crippen LogP contribution in [0, 0.1) is 5.82 Å². The molecule has 4 nitrogen and oxygen atoms in total. The summed E-state index contributed by atoms with van der Waals surface area (Å²) in [5.41, 5.74) is 1.47. The molecule has 3 rings (SSSR count). The van der Waals surface area contributed by atoms with Gasteiger partial charge in [0.15, 0.2) is 0 Å². The zero-order valence-corrected chi connectivity index (χ0v) is 14.7. The maximum absolute atomic E-state index is 13.1. The van der Waals surface area contributed by atoms with E-state index in [1.54, 1.807) is 24.3 Å². The monoisotopic (exact) mass is 364 g/mol. The lowest BCUT2D eigenvalue weighted by Gasteiger charge is -2.12. The van der Waals surface area contributed by atoms with E-state index < -0.39 is 0 Å². The summed E-state index contributed by atoms with van der Waals surface area (Å²) < 4.78 is 18.7. The van der Waals surface area contributed by atoms with Gasteiger partial charge in [0.1, 0.15) is 18.2 Å². The van der Waals surface area contributed by atoms with Crippen LogP contribution in [0.5, 0.6) is 5.75 Å². The van der Waals surface area contributed by atoms with Gasteiger partial charge in [-0.05, 0) is 49.2 Å². The summed E-state index contributed by atoms with van der Waals surface area (Å²) in [6.07, 6.45) is 2.26. The van der Waals surface area contributed by atoms with Gasteiger partial charge in [0.25, 0.3) is 5.91 Å². The van der Waals surface area contributed by atoms with Crippen molar-refractivity contribution in [1.82, 2.24) is 10.6 Å². The maximum Gasteiger partial charge on any atom is 0.251 e. The van der Waals surface area contributed by atoms with Gasteiger partial charge in [-0.2, -0.15) is 0 Å². The molecule has 1 amide bonds. The van der Waals surface area contributed by atoms with E-state index in [1.165, 1.54) is 12.1 Å². The molecule has 134 valence electrons. The van der Waals surface area contributed by atoms with Crippen LogP contribution >= 0.6 is 12.4 Å². The number of hydrogen-bond donors (Lipinski definition) is 2. The first kappa shape index (κ1) is 19.2. The van der Waals surface area contributed by atoms with Gasteiger partial charge in [-0.1, -0.05) is 18.2 Å². The zero-order valence-electron chi connectivity index (χ0n) is 13.8. The van der Waals surface area contributed by atoms with Crippen molar-refractivity contribution in [3.05, 3.63) is 65.5 Å². The maximum atomic E-state index is 13.1. The van der Waals surface area contributed by atoms with Gasteiger partial charge in [-0.25, -0.2) is 4.39 Å². The molecule has 0 aromatic heterocycles. The fraction of sp³-hybridized carbons (Fsp3) is 0.316. The molecular formula is C19H22ClFN2O2. The van der Waals surface area contributed by atoms with Crippen molar-refractivity contribution in [1.29, 1.82) is 0 Å². The van der Waals surface area contributed by atoms with E-state index in [-0.39, 0.29) is 30.7 Å². The third-order valence-corrected chi connectivity index (χ3v) is 4.06. The van der Waals surface area contributed by atoms with Gasteiger partial charge in [-0.15, -0.1) is 12.4 Å². The molecule has 2 aromatic carbocycles. The molecule has 2 aromatic rings. The molecule has 6 heteroatoms. The normalized spacial score (nSPS) is 16.1. The number of nitrogens with one attached hydrogen (secondary N) is 2. The van der Waals surface area contributed by atoms with Crippen molar-refractivity contribution in [3.63, 3.8) is 0 Å². The van der Waals surface area contributed by atoms with Gasteiger partial charge in [0.2, 0.25) is 0 Å². The quantitative estimate of drug-likeness (QED) is 0.826. The summed E-state index contributed by atoms with van der Waals surface area (Å²) in [5.74, 6) is 0.0506. The molecule has 1 unspecified atom stereocenters. The number of ether oxygens (including phenoxy) is 1. The first-order chi connectivity index (χ1) is 11.7. The third-order valence-electron chi connectivity index (χ3n) is 4.06. The SMILES string of the molecule is Cl.O=C(NCC1CCCN1)c1cccc(COc2cccc(F)c2)c1. The Hall–Kier alpha value is -2.11. The number of benzene rings is 2. The molecular weight excluding hydrogens is 343 g/mol. The zero-order chi connectivity index (χ0) is 16.8. The molecule has 0 aliphatic carbocycles. The number of amides is 1. The van der Waals surface area contributed by atoms with Crippen LogP contribution in [0.3, 0.4) is 0 Å². The minimum atomic E-state index is -0.332. The first-order valence-corrected chi connectivity index (χ1v) is 8.19. The molecule has 1 saturated heterocycles. The Balaban J connectivity index is 0.00000225. The Kier molecular flexibility index (Phi) is 7.22. The van der Waals surface area contributed by atoms with Crippen LogP contribution < -0.4 is 15.4 Å². The van der Waals surface area contributed by atoms with E-state index >= 15 is 0 Å². The Bertz CT molecular complexity index is 705. The lowest BCUT2D eigenvalue weighted by molar-refractivity contribution is 0.0950. The van der Waals surface area contributed by atoms with Crippen LogP contribution in [0.4, 0.5) is 4.39 Å². The highest BCUT2D eigenvalue weighted by Crippen LogP contribution is 2.15. The van der Waals surface area contributed by atoms with Gasteiger partial charge in [0, 0.05) is 24.2 Å². The van der Waals surface area contributed by atoms with E-state index in [4.69, 9.17) is 4.74 Å². The molecule has 2 N–H and O–H groups in total. The highest BCUT2D eigenvalue weighted by atomic mass is 35.5. The van der Waals surface area contributed by atoms with Gasteiger partial charge >= 0.3 is 0 Å². The number of carbonyl (C=O) groups is 1. The second kappa shape index (κ2) is 9.39. The number of halogens is 2. The number of carbonyl (C=O) groups excluding carboxylic acids is 1. The molecule has 1 fully saturated rings. The summed E-state index contributed by atoms with van der Waals surface area (Å²) in [6.45, 7) is 1.95. The van der Waals surface area contributed by atoms with Crippen LogP contribution in [0.2, 0.25) is 0 Å². The summed E-state index contributed by atoms with van der Waals surface area (Å²) in [4.78, 5) is 12.2. The Morgan fingerprint density at radius 3 is 2.84 bits per heavy atom. The molecule has 0 spiro atoms. The van der Waals surface area contributed by atoms with Crippen LogP contribution in [0.1, 0.15) is 28.8 Å². The highest BCUT2D eigenvalue weighted by molar-refractivity contribution is 5.94. The largest absolute Gasteiger partial charge is 0.489 e. The Labute approximate surface area is 153 Å². The summed E-state index contributed by atoms with van der Waals surface area (Å²) in [5, 5.41) is 6.31. The van der Waals surface area contributed by atoms with E-state index in [0.29, 0.717) is 23.9 Å². The minimum absolute atomic E-state index is 0. The predicted octanol–water partition coefficient (Wildman–Crippen LogP) is 3.31. The Morgan fingerprint density at radius 1 is 1.24 bits per heavy atom. The second-order valence-corrected chi connectivity index (χ2v) is 5.95. The standard InChI is InChI=1S/C19H21FN2O2.ClH/c20-16-6-2-8-18(11-16)24-13-14-4-1-5-15(10-14)19(23)22-12-17-7-3-9-21-17;/h1-2,4-6,8,10-11,17,21H,3,7,9,12-13H2,(H,22,23);1H. The van der Waals surface area contributed by atoms with Crippen molar-refractivity contribution >= 4 is 18.3 Å². The molecule has 1 heterocycles. The summed E-state index contributed by atoms with van der Waals surface area (Å²) in [7, 11) is 0. The summed E-state index contributed by atoms with van der Waals surface area (Å²) in [6, 6.07) is 13.7. The minimum Gasteiger partial charge on any atom is -0.489 e. The van der Waals surface area contributed by atoms with Crippen molar-refractivity contribution in [2.24, 2.45) is 0 Å². The van der Waals surface area contributed by atoms with Crippen LogP contribution in [-0.2, 0) is 6.61 Å². The predicted molar refractivity (Wildman–Crippen MR) is 97.8 cm³/mol. The second-order valence-electron chi connectivity index (χ2n) is 5.95. The fourth-order valence-electron chi connectivity index (χ4n) is 2.77. The fourth-order valence-corrected chi connectivity index (χ4v) is 2.77. The average Bonchev–Trinajstić information content (AvgIpc) is 3.12. The molecule has 0 radical (unpaired) electrons. The van der Waals surface area contributed by atoms with Gasteiger partial charge in [0.05, 0.1) is 0 Å². The van der Waals surface area contributed by atoms with E-state index in [0.717, 1.165) is 24.9 Å². The van der Waals surface area contributed by atoms with Crippen LogP contribution in [0.25, 0.3) is 0 Å². The van der Waals surface area contributed by atoms with Crippen LogP contribution in [0.15, 0.2) is 48.5 Å². The molecule has 1 atom stereocenters. The molecule has 1 aliphatic rings. The molecule has 25 heavy (non-hydrogen) atoms. The topological polar surface area (TPSA) is 50.4 Å². The van der Waals surface area contributed by atoms with E-state index in [2.05, 4.69) is 10.6 Å². The van der Waals surface area contributed by atoms with Crippen molar-refractivity contribution in [2.45, 2.75) is 25.5 Å². The Morgan fingerprint density at radius 2 is 2.08 bits per heavy atom. The highest BCUT2D eigenvalue weighted by Gasteiger charge is 2.15. The van der Waals surface area contributed by atoms with Gasteiger partial charge < -0.3 is 15.4 Å². The molecule has 1 aliphatic heterocycles. The third kappa shape index (κ3) is 5.73. The van der Waals surface area contributed by atoms with Crippen molar-refractivity contribution in [3.8, 4) is 5.75 Å². The lowest BCUT2D eigenvalue weighted by Crippen LogP contribution is -2.37. The molecule has 0 bridgehead atoms. The first-order valence-electron chi connectivity index (χ1n) is 8.19. The van der Waals surface area contributed by atoms with E-state index in [9.17, 15) is 9.18 Å². The number of hydrogen-bond acceptors (Lipinski definition) is 3. The van der Waals surface area contributed by atoms with Gasteiger partial charge in [-0.3, -0.25) is 4.79 Å². The summed E-state index contributed by atoms with van der Waals surface area (Å²) >= 11 is 0. The van der Waals surface area contributed by atoms with E-state index in [1.807, 2.05) is 12.1 Å². The van der Waals surface area contributed by atoms with Crippen molar-refractivity contribution in [2.75, 3.05) is 13.1 Å². The number of rotatable bonds is 6. The van der Waals surface area contributed by atoms with Crippen LogP contribution in [-0.4, -0.2) is 25.0 Å².